The molecule has 0 amide bonds. The van der Waals surface area contributed by atoms with Crippen LogP contribution >= 0.6 is 69.6 Å². The molecule has 7 heteroatoms. The van der Waals surface area contributed by atoms with Crippen LogP contribution in [0.1, 0.15) is 0 Å². The minimum atomic E-state index is -2.62. The van der Waals surface area contributed by atoms with Gasteiger partial charge in [0.25, 0.3) is 4.52 Å². The molecule has 0 aromatic carbocycles. The van der Waals surface area contributed by atoms with Crippen molar-refractivity contribution in [3.8, 4) is 0 Å². The molecular weight excluding hydrogens is 265 g/mol. The van der Waals surface area contributed by atoms with E-state index in [1.165, 1.54) is 0 Å². The zero-order valence-corrected chi connectivity index (χ0v) is 8.79. The topological polar surface area (TPSA) is 19.9 Å². The lowest BCUT2D eigenvalue weighted by Gasteiger charge is -2.26. The number of rotatable bonds is 2. The van der Waals surface area contributed by atoms with E-state index in [2.05, 4.69) is 0 Å². The van der Waals surface area contributed by atoms with E-state index in [9.17, 15) is 5.11 Å². The van der Waals surface area contributed by atoms with Crippen LogP contribution in [0.25, 0.3) is 0 Å². The maximum Gasteiger partial charge on any atom is 0.285 e. The summed E-state index contributed by atoms with van der Waals surface area (Å²) in [6.45, 7) is 0. The van der Waals surface area contributed by atoms with Crippen molar-refractivity contribution in [3.63, 3.8) is 0 Å². The Labute approximate surface area is 88.1 Å². The molecule has 0 atom stereocenters. The van der Waals surface area contributed by atoms with E-state index in [1.807, 2.05) is 0 Å². The lowest BCUT2D eigenvalue weighted by Crippen LogP contribution is -2.40. The van der Waals surface area contributed by atoms with Gasteiger partial charge in [-0.2, -0.15) is 5.11 Å². The van der Waals surface area contributed by atoms with Crippen LogP contribution in [0, 0.1) is 0 Å². The molecule has 0 unspecified atom stereocenters. The minimum absolute atomic E-state index is 1.34. The number of hydrogen-bond donors (Lipinski definition) is 0. The summed E-state index contributed by atoms with van der Waals surface area (Å²) in [5.74, 6) is 0. The minimum Gasteiger partial charge on any atom is -0.190 e. The van der Waals surface area contributed by atoms with Crippen molar-refractivity contribution in [3.05, 3.63) is 0 Å². The predicted octanol–water partition coefficient (Wildman–Crippen LogP) is 3.53. The van der Waals surface area contributed by atoms with Gasteiger partial charge in [-0.25, -0.2) is 0 Å². The normalized spacial score (nSPS) is 14.4. The Morgan fingerprint density at radius 1 is 1.00 bits per heavy atom. The molecule has 0 saturated carbocycles. The second-order valence-corrected chi connectivity index (χ2v) is 5.18. The lowest BCUT2D eigenvalue weighted by molar-refractivity contribution is 0.109. The van der Waals surface area contributed by atoms with Crippen molar-refractivity contribution in [2.24, 2.45) is 0 Å². The van der Waals surface area contributed by atoms with Crippen molar-refractivity contribution in [1.29, 1.82) is 0 Å². The fourth-order valence-corrected chi connectivity index (χ4v) is 0.876. The molecule has 0 aromatic rings. The molecule has 0 aliphatic carbocycles. The first kappa shape index (κ1) is 11.7. The third kappa shape index (κ3) is 2.63. The Bertz CT molecular complexity index is 115. The second kappa shape index (κ2) is 3.61. The average Bonchev–Trinajstić information content (AvgIpc) is 1.62. The SMILES string of the molecule is [O]C(Cl)(Cl)C(Cl)(Cl)C(Cl)Cl. The van der Waals surface area contributed by atoms with Gasteiger partial charge in [-0.05, 0) is 0 Å². The van der Waals surface area contributed by atoms with Crippen LogP contribution in [0.5, 0.6) is 0 Å². The second-order valence-electron chi connectivity index (χ2n) is 1.44. The molecule has 1 radical (unpaired) electrons. The maximum atomic E-state index is 10.7. The van der Waals surface area contributed by atoms with Crippen molar-refractivity contribution >= 4 is 69.6 Å². The molecule has 0 aliphatic heterocycles. The average molecular weight is 266 g/mol. The molecule has 0 rings (SSSR count). The summed E-state index contributed by atoms with van der Waals surface area (Å²) < 4.78 is -4.73. The molecular formula is C3HCl6O. The van der Waals surface area contributed by atoms with Crippen molar-refractivity contribution < 1.29 is 5.11 Å². The molecule has 0 spiro atoms. The van der Waals surface area contributed by atoms with E-state index in [0.29, 0.717) is 0 Å². The highest BCUT2D eigenvalue weighted by Crippen LogP contribution is 2.46. The zero-order chi connectivity index (χ0) is 8.58. The van der Waals surface area contributed by atoms with Crippen molar-refractivity contribution in [2.45, 2.75) is 13.7 Å². The van der Waals surface area contributed by atoms with Gasteiger partial charge in [0.2, 0.25) is 4.33 Å². The van der Waals surface area contributed by atoms with Crippen LogP contribution < -0.4 is 0 Å². The van der Waals surface area contributed by atoms with Crippen molar-refractivity contribution in [1.82, 2.24) is 0 Å². The van der Waals surface area contributed by atoms with Crippen LogP contribution in [0.15, 0.2) is 0 Å². The highest BCUT2D eigenvalue weighted by atomic mass is 35.5. The molecule has 0 heterocycles. The molecule has 0 aromatic heterocycles. The molecule has 0 fully saturated rings. The van der Waals surface area contributed by atoms with Gasteiger partial charge in [0, 0.05) is 0 Å². The number of alkyl halides is 6. The molecule has 10 heavy (non-hydrogen) atoms. The quantitative estimate of drug-likeness (QED) is 0.681. The van der Waals surface area contributed by atoms with Gasteiger partial charge in [-0.15, -0.1) is 23.2 Å². The summed E-state index contributed by atoms with van der Waals surface area (Å²) in [6, 6.07) is 0. The summed E-state index contributed by atoms with van der Waals surface area (Å²) in [5.41, 5.74) is 0. The van der Waals surface area contributed by atoms with Gasteiger partial charge in [0.05, 0.1) is 0 Å². The Morgan fingerprint density at radius 2 is 1.30 bits per heavy atom. The number of hydrogen-bond acceptors (Lipinski definition) is 0. The van der Waals surface area contributed by atoms with Gasteiger partial charge in [0.1, 0.15) is 4.84 Å². The van der Waals surface area contributed by atoms with E-state index in [4.69, 9.17) is 69.6 Å². The summed E-state index contributed by atoms with van der Waals surface area (Å²) in [6.07, 6.45) is 0. The predicted molar refractivity (Wildman–Crippen MR) is 45.1 cm³/mol. The summed E-state index contributed by atoms with van der Waals surface area (Å²) in [4.78, 5) is -1.34. The van der Waals surface area contributed by atoms with Crippen LogP contribution in [0.2, 0.25) is 0 Å². The Morgan fingerprint density at radius 3 is 1.30 bits per heavy atom. The monoisotopic (exact) mass is 263 g/mol. The zero-order valence-electron chi connectivity index (χ0n) is 4.25. The molecule has 61 valence electrons. The summed E-state index contributed by atoms with van der Waals surface area (Å²) >= 11 is 30.9. The molecule has 0 saturated heterocycles. The van der Waals surface area contributed by atoms with E-state index >= 15 is 0 Å². The third-order valence-corrected chi connectivity index (χ3v) is 3.72. The Hall–Kier alpha value is 1.70. The van der Waals surface area contributed by atoms with E-state index in [-0.39, 0.29) is 0 Å². The van der Waals surface area contributed by atoms with Gasteiger partial charge < -0.3 is 0 Å². The first-order valence-electron chi connectivity index (χ1n) is 1.94. The Kier molecular flexibility index (Phi) is 4.22. The Balaban J connectivity index is 4.40. The highest BCUT2D eigenvalue weighted by molar-refractivity contribution is 6.67. The first-order valence-corrected chi connectivity index (χ1v) is 4.32. The van der Waals surface area contributed by atoms with Gasteiger partial charge >= 0.3 is 0 Å². The number of halogens is 6. The van der Waals surface area contributed by atoms with Gasteiger partial charge in [-0.3, -0.25) is 0 Å². The van der Waals surface area contributed by atoms with E-state index < -0.39 is 13.7 Å². The molecule has 0 aliphatic rings. The van der Waals surface area contributed by atoms with Crippen LogP contribution in [0.3, 0.4) is 0 Å². The van der Waals surface area contributed by atoms with Gasteiger partial charge in [0.15, 0.2) is 0 Å². The highest BCUT2D eigenvalue weighted by Gasteiger charge is 2.52. The van der Waals surface area contributed by atoms with Crippen LogP contribution in [-0.2, 0) is 5.11 Å². The summed E-state index contributed by atoms with van der Waals surface area (Å²) in [7, 11) is 0. The first-order chi connectivity index (χ1) is 4.19. The molecule has 0 N–H and O–H groups in total. The largest absolute Gasteiger partial charge is 0.285 e. The lowest BCUT2D eigenvalue weighted by atomic mass is 10.5. The molecule has 0 bridgehead atoms. The fourth-order valence-electron chi connectivity index (χ4n) is 0.127. The van der Waals surface area contributed by atoms with Gasteiger partial charge in [-0.1, -0.05) is 46.4 Å². The van der Waals surface area contributed by atoms with Crippen molar-refractivity contribution in [2.75, 3.05) is 0 Å². The van der Waals surface area contributed by atoms with E-state index in [0.717, 1.165) is 0 Å². The van der Waals surface area contributed by atoms with E-state index in [1.54, 1.807) is 0 Å². The maximum absolute atomic E-state index is 10.7. The smallest absolute Gasteiger partial charge is 0.190 e. The standard InChI is InChI=1S/C3HCl6O/c4-1(5)2(6,7)3(8,9)10/h1H. The summed E-state index contributed by atoms with van der Waals surface area (Å²) in [5, 5.41) is 10.7. The van der Waals surface area contributed by atoms with Crippen LogP contribution in [-0.4, -0.2) is 13.7 Å². The molecule has 1 nitrogen and oxygen atoms in total. The van der Waals surface area contributed by atoms with Crippen LogP contribution in [0.4, 0.5) is 0 Å². The fraction of sp³-hybridized carbons (Fsp3) is 1.00. The third-order valence-electron chi connectivity index (χ3n) is 0.662.